The Morgan fingerprint density at radius 3 is 2.43 bits per heavy atom. The van der Waals surface area contributed by atoms with Gasteiger partial charge >= 0.3 is 6.29 Å². The number of carbonyl (C=O) groups is 2. The Labute approximate surface area is 175 Å². The van der Waals surface area contributed by atoms with Gasteiger partial charge in [0.2, 0.25) is 11.8 Å². The van der Waals surface area contributed by atoms with Gasteiger partial charge in [-0.25, -0.2) is 0 Å². The second-order valence-electron chi connectivity index (χ2n) is 6.44. The molecule has 2 aromatic rings. The van der Waals surface area contributed by atoms with E-state index in [9.17, 15) is 18.4 Å². The number of likely N-dealkylation sites (N-methyl/N-ethyl adjacent to an activating group) is 1. The number of nitrogens with one attached hydrogen (secondary N) is 2. The van der Waals surface area contributed by atoms with E-state index in [1.54, 1.807) is 25.2 Å². The van der Waals surface area contributed by atoms with Crippen LogP contribution in [0.25, 0.3) is 0 Å². The summed E-state index contributed by atoms with van der Waals surface area (Å²) in [5.41, 5.74) is 0.659. The molecule has 3 rings (SSSR count). The average molecular weight is 442 g/mol. The summed E-state index contributed by atoms with van der Waals surface area (Å²) in [5.74, 6) is -0.682. The summed E-state index contributed by atoms with van der Waals surface area (Å²) in [5, 5.41) is 5.65. The molecule has 2 N–H and O–H groups in total. The highest BCUT2D eigenvalue weighted by atomic mass is 35.5. The maximum atomic E-state index is 13.1. The van der Waals surface area contributed by atoms with Crippen molar-refractivity contribution >= 4 is 34.8 Å². The second-order valence-corrected chi connectivity index (χ2v) is 6.88. The van der Waals surface area contributed by atoms with Crippen molar-refractivity contribution in [1.29, 1.82) is 0 Å². The van der Waals surface area contributed by atoms with Crippen LogP contribution in [0.3, 0.4) is 0 Å². The fourth-order valence-corrected chi connectivity index (χ4v) is 2.91. The Hall–Kier alpha value is -3.11. The molecule has 11 heteroatoms. The lowest BCUT2D eigenvalue weighted by Crippen LogP contribution is -2.36. The summed E-state index contributed by atoms with van der Waals surface area (Å²) < 4.78 is 39.9. The quantitative estimate of drug-likeness (QED) is 0.686. The molecule has 0 unspecified atom stereocenters. The van der Waals surface area contributed by atoms with Gasteiger partial charge < -0.3 is 24.8 Å². The smallest absolute Gasteiger partial charge is 0.495 e. The molecule has 8 nitrogen and oxygen atoms in total. The SMILES string of the molecule is COc1ccc(Cl)cc1NC(=O)CN(C)CC(=O)Nc1ccc2c(c1)OC(F)(F)O2. The zero-order valence-electron chi connectivity index (χ0n) is 16.0. The van der Waals surface area contributed by atoms with Crippen molar-refractivity contribution in [3.8, 4) is 17.2 Å². The Morgan fingerprint density at radius 1 is 1.07 bits per heavy atom. The van der Waals surface area contributed by atoms with E-state index in [-0.39, 0.29) is 36.2 Å². The van der Waals surface area contributed by atoms with Gasteiger partial charge in [0.25, 0.3) is 0 Å². The first-order chi connectivity index (χ1) is 14.1. The van der Waals surface area contributed by atoms with E-state index in [1.165, 1.54) is 30.2 Å². The Kier molecular flexibility index (Phi) is 6.28. The fraction of sp³-hybridized carbons (Fsp3) is 0.263. The molecule has 0 radical (unpaired) electrons. The first-order valence-corrected chi connectivity index (χ1v) is 9.04. The van der Waals surface area contributed by atoms with Crippen molar-refractivity contribution in [3.05, 3.63) is 41.4 Å². The molecule has 0 atom stereocenters. The summed E-state index contributed by atoms with van der Waals surface area (Å²) >= 11 is 5.93. The highest BCUT2D eigenvalue weighted by Gasteiger charge is 2.43. The van der Waals surface area contributed by atoms with E-state index in [0.29, 0.717) is 16.5 Å². The number of fused-ring (bicyclic) bond motifs is 1. The second kappa shape index (κ2) is 8.72. The molecule has 2 amide bonds. The first kappa shape index (κ1) is 21.6. The molecule has 0 spiro atoms. The largest absolute Gasteiger partial charge is 0.586 e. The standard InChI is InChI=1S/C19H18ClF2N3O5/c1-25(10-18(27)24-13-7-11(20)3-5-14(13)28-2)9-17(26)23-12-4-6-15-16(8-12)30-19(21,22)29-15/h3-8H,9-10H2,1-2H3,(H,23,26)(H,24,27). The van der Waals surface area contributed by atoms with Gasteiger partial charge in [-0.15, -0.1) is 8.78 Å². The minimum absolute atomic E-state index is 0.0869. The third kappa shape index (κ3) is 5.49. The van der Waals surface area contributed by atoms with E-state index in [2.05, 4.69) is 20.1 Å². The molecule has 0 fully saturated rings. The summed E-state index contributed by atoms with van der Waals surface area (Å²) in [4.78, 5) is 25.9. The van der Waals surface area contributed by atoms with E-state index < -0.39 is 12.2 Å². The van der Waals surface area contributed by atoms with Crippen LogP contribution < -0.4 is 24.8 Å². The normalized spacial score (nSPS) is 13.8. The number of ether oxygens (including phenoxy) is 3. The van der Waals surface area contributed by atoms with Gasteiger partial charge in [-0.1, -0.05) is 11.6 Å². The van der Waals surface area contributed by atoms with E-state index in [0.717, 1.165) is 0 Å². The van der Waals surface area contributed by atoms with Crippen molar-refractivity contribution in [1.82, 2.24) is 4.90 Å². The maximum Gasteiger partial charge on any atom is 0.586 e. The fourth-order valence-electron chi connectivity index (χ4n) is 2.74. The zero-order chi connectivity index (χ0) is 21.9. The molecule has 1 aliphatic heterocycles. The molecule has 2 aromatic carbocycles. The number of benzene rings is 2. The third-order valence-corrected chi connectivity index (χ3v) is 4.18. The molecule has 1 aliphatic rings. The van der Waals surface area contributed by atoms with Gasteiger partial charge in [0.1, 0.15) is 5.75 Å². The number of alkyl halides is 2. The topological polar surface area (TPSA) is 89.1 Å². The van der Waals surface area contributed by atoms with Crippen molar-refractivity contribution in [2.45, 2.75) is 6.29 Å². The van der Waals surface area contributed by atoms with Gasteiger partial charge in [-0.3, -0.25) is 14.5 Å². The predicted molar refractivity (Wildman–Crippen MR) is 105 cm³/mol. The number of methoxy groups -OCH3 is 1. The molecule has 0 bridgehead atoms. The third-order valence-electron chi connectivity index (χ3n) is 3.95. The van der Waals surface area contributed by atoms with Crippen molar-refractivity contribution < 1.29 is 32.6 Å². The molecular formula is C19H18ClF2N3O5. The maximum absolute atomic E-state index is 13.1. The number of anilines is 2. The van der Waals surface area contributed by atoms with Crippen LogP contribution in [0.1, 0.15) is 0 Å². The molecule has 0 aliphatic carbocycles. The summed E-state index contributed by atoms with van der Waals surface area (Å²) in [6.07, 6.45) is -3.73. The van der Waals surface area contributed by atoms with Gasteiger partial charge in [0.05, 0.1) is 25.9 Å². The van der Waals surface area contributed by atoms with Gasteiger partial charge in [-0.2, -0.15) is 0 Å². The van der Waals surface area contributed by atoms with Crippen LogP contribution >= 0.6 is 11.6 Å². The minimum Gasteiger partial charge on any atom is -0.495 e. The minimum atomic E-state index is -3.73. The van der Waals surface area contributed by atoms with Gasteiger partial charge in [0.15, 0.2) is 11.5 Å². The number of rotatable bonds is 7. The highest BCUT2D eigenvalue weighted by molar-refractivity contribution is 6.31. The monoisotopic (exact) mass is 441 g/mol. The van der Waals surface area contributed by atoms with Crippen LogP contribution in [-0.2, 0) is 9.59 Å². The van der Waals surface area contributed by atoms with Crippen molar-refractivity contribution in [2.24, 2.45) is 0 Å². The molecule has 1 heterocycles. The summed E-state index contributed by atoms with van der Waals surface area (Å²) in [7, 11) is 3.04. The number of carbonyl (C=O) groups excluding carboxylic acids is 2. The van der Waals surface area contributed by atoms with Crippen molar-refractivity contribution in [2.75, 3.05) is 37.9 Å². The predicted octanol–water partition coefficient (Wildman–Crippen LogP) is 3.18. The Bertz CT molecular complexity index is 973. The first-order valence-electron chi connectivity index (χ1n) is 8.67. The lowest BCUT2D eigenvalue weighted by atomic mass is 10.2. The number of halogens is 3. The van der Waals surface area contributed by atoms with Crippen LogP contribution in [-0.4, -0.2) is 50.3 Å². The number of amides is 2. The van der Waals surface area contributed by atoms with Crippen LogP contribution in [0.15, 0.2) is 36.4 Å². The number of hydrogen-bond acceptors (Lipinski definition) is 6. The summed E-state index contributed by atoms with van der Waals surface area (Å²) in [6.45, 7) is -0.207. The van der Waals surface area contributed by atoms with Gasteiger partial charge in [-0.05, 0) is 37.4 Å². The lowest BCUT2D eigenvalue weighted by Gasteiger charge is -2.17. The van der Waals surface area contributed by atoms with Crippen molar-refractivity contribution in [3.63, 3.8) is 0 Å². The number of nitrogens with zero attached hydrogens (tertiary/aromatic N) is 1. The Morgan fingerprint density at radius 2 is 1.73 bits per heavy atom. The summed E-state index contributed by atoms with van der Waals surface area (Å²) in [6, 6.07) is 8.70. The lowest BCUT2D eigenvalue weighted by molar-refractivity contribution is -0.286. The highest BCUT2D eigenvalue weighted by Crippen LogP contribution is 2.42. The molecular weight excluding hydrogens is 424 g/mol. The van der Waals surface area contributed by atoms with E-state index in [1.807, 2.05) is 0 Å². The van der Waals surface area contributed by atoms with E-state index in [4.69, 9.17) is 16.3 Å². The molecule has 0 saturated carbocycles. The van der Waals surface area contributed by atoms with E-state index >= 15 is 0 Å². The van der Waals surface area contributed by atoms with Crippen LogP contribution in [0.4, 0.5) is 20.2 Å². The molecule has 160 valence electrons. The van der Waals surface area contributed by atoms with Crippen LogP contribution in [0, 0.1) is 0 Å². The van der Waals surface area contributed by atoms with Crippen LogP contribution in [0.2, 0.25) is 5.02 Å². The van der Waals surface area contributed by atoms with Crippen LogP contribution in [0.5, 0.6) is 17.2 Å². The Balaban J connectivity index is 1.52. The van der Waals surface area contributed by atoms with Gasteiger partial charge in [0, 0.05) is 16.8 Å². The number of hydrogen-bond donors (Lipinski definition) is 2. The molecule has 30 heavy (non-hydrogen) atoms. The average Bonchev–Trinajstić information content (AvgIpc) is 2.94. The molecule has 0 aromatic heterocycles. The molecule has 0 saturated heterocycles. The zero-order valence-corrected chi connectivity index (χ0v) is 16.8.